The van der Waals surface area contributed by atoms with E-state index in [1.807, 2.05) is 18.4 Å². The van der Waals surface area contributed by atoms with Crippen molar-refractivity contribution in [3.05, 3.63) is 18.2 Å². The smallest absolute Gasteiger partial charge is 0.238 e. The van der Waals surface area contributed by atoms with Gasteiger partial charge < -0.3 is 9.88 Å². The van der Waals surface area contributed by atoms with Crippen LogP contribution in [-0.4, -0.2) is 35.2 Å². The van der Waals surface area contributed by atoms with E-state index < -0.39 is 10.0 Å². The molecule has 148 valence electrons. The maximum atomic E-state index is 12.6. The molecule has 1 unspecified atom stereocenters. The van der Waals surface area contributed by atoms with Crippen molar-refractivity contribution in [1.82, 2.24) is 14.9 Å². The van der Waals surface area contributed by atoms with E-state index in [1.165, 1.54) is 43.2 Å². The summed E-state index contributed by atoms with van der Waals surface area (Å²) in [6.45, 7) is 4.54. The van der Waals surface area contributed by atoms with Crippen LogP contribution in [0.5, 0.6) is 0 Å². The van der Waals surface area contributed by atoms with E-state index in [0.29, 0.717) is 17.2 Å². The zero-order valence-corrected chi connectivity index (χ0v) is 17.3. The number of imidazole rings is 1. The number of hydrogen-bond donors (Lipinski definition) is 2. The third-order valence-corrected chi connectivity index (χ3v) is 6.93. The highest BCUT2D eigenvalue weighted by Crippen LogP contribution is 2.29. The Morgan fingerprint density at radius 2 is 2.07 bits per heavy atom. The lowest BCUT2D eigenvalue weighted by molar-refractivity contribution is -0.121. The molecule has 1 aliphatic rings. The number of aryl methyl sites for hydroxylation is 1. The van der Waals surface area contributed by atoms with Crippen molar-refractivity contribution < 1.29 is 13.2 Å². The summed E-state index contributed by atoms with van der Waals surface area (Å²) in [5.74, 6) is 0.0202. The number of aromatic nitrogens is 2. The Morgan fingerprint density at radius 3 is 2.70 bits per heavy atom. The summed E-state index contributed by atoms with van der Waals surface area (Å²) in [7, 11) is -3.78. The summed E-state index contributed by atoms with van der Waals surface area (Å²) in [6.07, 6.45) is 5.69. The normalized spacial score (nSPS) is 17.1. The largest absolute Gasteiger partial charge is 0.352 e. The molecule has 2 aromatic rings. The predicted octanol–water partition coefficient (Wildman–Crippen LogP) is 2.63. The van der Waals surface area contributed by atoms with E-state index in [0.717, 1.165) is 18.4 Å². The zero-order valence-electron chi connectivity index (χ0n) is 15.6. The topological polar surface area (TPSA) is 107 Å². The first-order valence-electron chi connectivity index (χ1n) is 9.29. The van der Waals surface area contributed by atoms with Gasteiger partial charge in [-0.15, -0.1) is 0 Å². The number of fused-ring (bicyclic) bond motifs is 1. The molecule has 9 heteroatoms. The Bertz CT molecular complexity index is 933. The van der Waals surface area contributed by atoms with Gasteiger partial charge in [0.25, 0.3) is 0 Å². The minimum atomic E-state index is -3.78. The van der Waals surface area contributed by atoms with Gasteiger partial charge in [-0.2, -0.15) is 0 Å². The van der Waals surface area contributed by atoms with Gasteiger partial charge in [-0.3, -0.25) is 4.79 Å². The Hall–Kier alpha value is -1.58. The SMILES string of the molecule is CCn1c(SC(C)C(=O)NC2CCCCC2)nc2cc(S(N)(=O)=O)ccc21. The molecule has 27 heavy (non-hydrogen) atoms. The number of rotatable bonds is 6. The molecule has 1 aliphatic carbocycles. The van der Waals surface area contributed by atoms with Gasteiger partial charge in [0.2, 0.25) is 15.9 Å². The van der Waals surface area contributed by atoms with E-state index >= 15 is 0 Å². The summed E-state index contributed by atoms with van der Waals surface area (Å²) < 4.78 is 25.1. The van der Waals surface area contributed by atoms with Crippen molar-refractivity contribution in [2.75, 3.05) is 0 Å². The molecule has 1 atom stereocenters. The molecule has 1 saturated carbocycles. The van der Waals surface area contributed by atoms with Gasteiger partial charge in [-0.25, -0.2) is 18.5 Å². The summed E-state index contributed by atoms with van der Waals surface area (Å²) in [5.41, 5.74) is 1.39. The maximum absolute atomic E-state index is 12.6. The fourth-order valence-corrected chi connectivity index (χ4v) is 4.97. The summed E-state index contributed by atoms with van der Waals surface area (Å²) in [4.78, 5) is 17.1. The molecule has 0 saturated heterocycles. The van der Waals surface area contributed by atoms with Gasteiger partial charge >= 0.3 is 0 Å². The molecule has 1 amide bonds. The first kappa shape index (κ1) is 20.2. The molecule has 0 aliphatic heterocycles. The van der Waals surface area contributed by atoms with Crippen molar-refractivity contribution in [2.45, 2.75) is 73.8 Å². The fraction of sp³-hybridized carbons (Fsp3) is 0.556. The average Bonchev–Trinajstić information content (AvgIpc) is 2.97. The van der Waals surface area contributed by atoms with E-state index in [9.17, 15) is 13.2 Å². The van der Waals surface area contributed by atoms with Crippen LogP contribution in [0.2, 0.25) is 0 Å². The first-order chi connectivity index (χ1) is 12.8. The summed E-state index contributed by atoms with van der Waals surface area (Å²) in [5, 5.41) is 8.77. The molecule has 1 heterocycles. The lowest BCUT2D eigenvalue weighted by Gasteiger charge is -2.24. The average molecular weight is 411 g/mol. The Labute approximate surface area is 164 Å². The van der Waals surface area contributed by atoms with E-state index in [1.54, 1.807) is 6.07 Å². The Morgan fingerprint density at radius 1 is 1.37 bits per heavy atom. The molecule has 1 fully saturated rings. The molecule has 0 radical (unpaired) electrons. The number of nitrogens with two attached hydrogens (primary N) is 1. The molecule has 7 nitrogen and oxygen atoms in total. The fourth-order valence-electron chi connectivity index (χ4n) is 3.44. The van der Waals surface area contributed by atoms with Crippen molar-refractivity contribution in [3.8, 4) is 0 Å². The number of sulfonamides is 1. The molecule has 0 spiro atoms. The van der Waals surface area contributed by atoms with Gasteiger partial charge in [0.1, 0.15) is 0 Å². The number of nitrogens with zero attached hydrogens (tertiary/aromatic N) is 2. The van der Waals surface area contributed by atoms with Crippen molar-refractivity contribution in [1.29, 1.82) is 0 Å². The third kappa shape index (κ3) is 4.64. The van der Waals surface area contributed by atoms with Crippen LogP contribution in [0.15, 0.2) is 28.3 Å². The molecular formula is C18H26N4O3S2. The van der Waals surface area contributed by atoms with E-state index in [-0.39, 0.29) is 22.1 Å². The highest BCUT2D eigenvalue weighted by atomic mass is 32.2. The van der Waals surface area contributed by atoms with Gasteiger partial charge in [-0.1, -0.05) is 31.0 Å². The third-order valence-electron chi connectivity index (χ3n) is 4.93. The Balaban J connectivity index is 1.79. The number of nitrogens with one attached hydrogen (secondary N) is 1. The van der Waals surface area contributed by atoms with Crippen molar-refractivity contribution in [2.24, 2.45) is 5.14 Å². The zero-order chi connectivity index (χ0) is 19.6. The van der Waals surface area contributed by atoms with Crippen molar-refractivity contribution >= 4 is 38.7 Å². The number of primary sulfonamides is 1. The summed E-state index contributed by atoms with van der Waals surface area (Å²) in [6, 6.07) is 4.95. The van der Waals surface area contributed by atoms with Crippen LogP contribution in [0, 0.1) is 0 Å². The van der Waals surface area contributed by atoms with Crippen LogP contribution in [0.3, 0.4) is 0 Å². The van der Waals surface area contributed by atoms with Gasteiger partial charge in [0.15, 0.2) is 5.16 Å². The lowest BCUT2D eigenvalue weighted by atomic mass is 9.95. The van der Waals surface area contributed by atoms with Crippen LogP contribution >= 0.6 is 11.8 Å². The second-order valence-electron chi connectivity index (χ2n) is 6.94. The minimum Gasteiger partial charge on any atom is -0.352 e. The molecule has 1 aromatic heterocycles. The highest BCUT2D eigenvalue weighted by Gasteiger charge is 2.23. The van der Waals surface area contributed by atoms with E-state index in [4.69, 9.17) is 5.14 Å². The van der Waals surface area contributed by atoms with Gasteiger partial charge in [0, 0.05) is 12.6 Å². The second-order valence-corrected chi connectivity index (χ2v) is 9.81. The number of thioether (sulfide) groups is 1. The monoisotopic (exact) mass is 410 g/mol. The van der Waals surface area contributed by atoms with Crippen LogP contribution in [0.25, 0.3) is 11.0 Å². The Kier molecular flexibility index (Phi) is 6.12. The second kappa shape index (κ2) is 8.20. The lowest BCUT2D eigenvalue weighted by Crippen LogP contribution is -2.40. The van der Waals surface area contributed by atoms with Crippen LogP contribution in [0.4, 0.5) is 0 Å². The number of amides is 1. The quantitative estimate of drug-likeness (QED) is 0.712. The molecular weight excluding hydrogens is 384 g/mol. The number of carbonyl (C=O) groups is 1. The van der Waals surface area contributed by atoms with Crippen LogP contribution in [-0.2, 0) is 21.4 Å². The number of carbonyl (C=O) groups excluding carboxylic acids is 1. The van der Waals surface area contributed by atoms with Gasteiger partial charge in [0.05, 0.1) is 21.2 Å². The summed E-state index contributed by atoms with van der Waals surface area (Å²) >= 11 is 1.39. The molecule has 0 bridgehead atoms. The number of benzene rings is 1. The first-order valence-corrected chi connectivity index (χ1v) is 11.7. The molecule has 3 rings (SSSR count). The number of hydrogen-bond acceptors (Lipinski definition) is 5. The molecule has 3 N–H and O–H groups in total. The molecule has 1 aromatic carbocycles. The predicted molar refractivity (Wildman–Crippen MR) is 107 cm³/mol. The van der Waals surface area contributed by atoms with Crippen LogP contribution < -0.4 is 10.5 Å². The highest BCUT2D eigenvalue weighted by molar-refractivity contribution is 8.00. The van der Waals surface area contributed by atoms with Gasteiger partial charge in [-0.05, 0) is 44.9 Å². The standard InChI is InChI=1S/C18H26N4O3S2/c1-3-22-16-10-9-14(27(19,24)25)11-15(16)21-18(22)26-12(2)17(23)20-13-7-5-4-6-8-13/h9-13H,3-8H2,1-2H3,(H,20,23)(H2,19,24,25). The van der Waals surface area contributed by atoms with E-state index in [2.05, 4.69) is 10.3 Å². The van der Waals surface area contributed by atoms with Crippen LogP contribution in [0.1, 0.15) is 46.0 Å². The minimum absolute atomic E-state index is 0.0202. The van der Waals surface area contributed by atoms with Crippen molar-refractivity contribution in [3.63, 3.8) is 0 Å². The maximum Gasteiger partial charge on any atom is 0.238 e.